The van der Waals surface area contributed by atoms with Crippen molar-refractivity contribution in [3.63, 3.8) is 0 Å². The summed E-state index contributed by atoms with van der Waals surface area (Å²) in [4.78, 5) is 6.31. The normalized spacial score (nSPS) is 12.8. The molecular formula is C14H17N3O. The van der Waals surface area contributed by atoms with Gasteiger partial charge in [0.05, 0.1) is 12.1 Å². The Morgan fingerprint density at radius 2 is 2.28 bits per heavy atom. The number of fused-ring (bicyclic) bond motifs is 1. The largest absolute Gasteiger partial charge is 0.441 e. The van der Waals surface area contributed by atoms with Crippen LogP contribution < -0.4 is 0 Å². The van der Waals surface area contributed by atoms with Gasteiger partial charge >= 0.3 is 0 Å². The van der Waals surface area contributed by atoms with E-state index < -0.39 is 0 Å². The molecule has 0 radical (unpaired) electrons. The molecule has 1 aromatic carbocycles. The third-order valence-electron chi connectivity index (χ3n) is 3.16. The van der Waals surface area contributed by atoms with Gasteiger partial charge in [0, 0.05) is 13.5 Å². The number of hydrogen-bond donors (Lipinski definition) is 0. The fourth-order valence-corrected chi connectivity index (χ4v) is 1.84. The van der Waals surface area contributed by atoms with Crippen LogP contribution in [0.4, 0.5) is 0 Å². The monoisotopic (exact) mass is 243 g/mol. The van der Waals surface area contributed by atoms with E-state index in [9.17, 15) is 0 Å². The minimum Gasteiger partial charge on any atom is -0.441 e. The van der Waals surface area contributed by atoms with E-state index in [1.165, 1.54) is 5.56 Å². The third kappa shape index (κ3) is 2.69. The Labute approximate surface area is 107 Å². The van der Waals surface area contributed by atoms with Crippen molar-refractivity contribution in [3.8, 4) is 6.07 Å². The van der Waals surface area contributed by atoms with Gasteiger partial charge in [-0.25, -0.2) is 4.98 Å². The maximum Gasteiger partial charge on any atom is 0.192 e. The molecule has 0 bridgehead atoms. The van der Waals surface area contributed by atoms with Crippen LogP contribution in [-0.2, 0) is 6.42 Å². The summed E-state index contributed by atoms with van der Waals surface area (Å²) in [7, 11) is 1.96. The topological polar surface area (TPSA) is 53.1 Å². The molecule has 1 unspecified atom stereocenters. The van der Waals surface area contributed by atoms with Gasteiger partial charge in [-0.2, -0.15) is 5.26 Å². The van der Waals surface area contributed by atoms with Crippen molar-refractivity contribution in [1.82, 2.24) is 9.88 Å². The smallest absolute Gasteiger partial charge is 0.192 e. The molecular weight excluding hydrogens is 226 g/mol. The van der Waals surface area contributed by atoms with Gasteiger partial charge in [-0.15, -0.1) is 0 Å². The lowest BCUT2D eigenvalue weighted by Crippen LogP contribution is -2.29. The molecule has 94 valence electrons. The Hall–Kier alpha value is -1.86. The molecule has 0 spiro atoms. The first-order valence-electron chi connectivity index (χ1n) is 6.06. The van der Waals surface area contributed by atoms with Crippen molar-refractivity contribution >= 4 is 11.1 Å². The van der Waals surface area contributed by atoms with Crippen LogP contribution >= 0.6 is 0 Å². The number of rotatable bonds is 4. The van der Waals surface area contributed by atoms with Crippen LogP contribution in [0.2, 0.25) is 0 Å². The molecule has 18 heavy (non-hydrogen) atoms. The molecule has 0 fully saturated rings. The Kier molecular flexibility index (Phi) is 3.63. The van der Waals surface area contributed by atoms with Crippen LogP contribution in [-0.4, -0.2) is 29.5 Å². The second-order valence-corrected chi connectivity index (χ2v) is 4.57. The van der Waals surface area contributed by atoms with Gasteiger partial charge in [-0.3, -0.25) is 4.90 Å². The molecule has 4 heteroatoms. The van der Waals surface area contributed by atoms with E-state index in [4.69, 9.17) is 9.68 Å². The van der Waals surface area contributed by atoms with Crippen molar-refractivity contribution in [2.75, 3.05) is 13.6 Å². The molecule has 0 saturated heterocycles. The second-order valence-electron chi connectivity index (χ2n) is 4.57. The minimum atomic E-state index is -0.0544. The number of oxazole rings is 1. The lowest BCUT2D eigenvalue weighted by atomic mass is 10.1. The van der Waals surface area contributed by atoms with Crippen LogP contribution in [0.3, 0.4) is 0 Å². The van der Waals surface area contributed by atoms with E-state index in [-0.39, 0.29) is 6.04 Å². The van der Waals surface area contributed by atoms with Crippen LogP contribution in [0.25, 0.3) is 11.1 Å². The molecule has 1 aromatic heterocycles. The van der Waals surface area contributed by atoms with Gasteiger partial charge in [-0.1, -0.05) is 6.07 Å². The van der Waals surface area contributed by atoms with E-state index in [2.05, 4.69) is 17.1 Å². The number of nitriles is 1. The summed E-state index contributed by atoms with van der Waals surface area (Å²) in [5, 5.41) is 8.83. The summed E-state index contributed by atoms with van der Waals surface area (Å²) in [6.45, 7) is 4.61. The van der Waals surface area contributed by atoms with Gasteiger partial charge in [0.25, 0.3) is 0 Å². The van der Waals surface area contributed by atoms with E-state index >= 15 is 0 Å². The quantitative estimate of drug-likeness (QED) is 0.828. The fourth-order valence-electron chi connectivity index (χ4n) is 1.84. The van der Waals surface area contributed by atoms with Crippen molar-refractivity contribution in [2.45, 2.75) is 26.3 Å². The molecule has 2 rings (SSSR count). The molecule has 0 aliphatic heterocycles. The lowest BCUT2D eigenvalue weighted by Gasteiger charge is -2.18. The van der Waals surface area contributed by atoms with Gasteiger partial charge in [0.2, 0.25) is 0 Å². The molecule has 0 amide bonds. The highest BCUT2D eigenvalue weighted by Gasteiger charge is 2.08. The summed E-state index contributed by atoms with van der Waals surface area (Å²) in [5.74, 6) is 0.692. The summed E-state index contributed by atoms with van der Waals surface area (Å²) in [6, 6.07) is 8.25. The zero-order chi connectivity index (χ0) is 13.1. The number of nitrogens with zero attached hydrogens (tertiary/aromatic N) is 3. The van der Waals surface area contributed by atoms with Crippen molar-refractivity contribution in [2.24, 2.45) is 0 Å². The lowest BCUT2D eigenvalue weighted by molar-refractivity contribution is 0.306. The van der Waals surface area contributed by atoms with E-state index in [0.29, 0.717) is 5.89 Å². The number of likely N-dealkylation sites (N-methyl/N-ethyl adjacent to an activating group) is 1. The molecule has 0 aliphatic rings. The predicted molar refractivity (Wildman–Crippen MR) is 70.2 cm³/mol. The van der Waals surface area contributed by atoms with Crippen LogP contribution in [0, 0.1) is 18.3 Å². The Morgan fingerprint density at radius 1 is 1.50 bits per heavy atom. The second kappa shape index (κ2) is 5.19. The van der Waals surface area contributed by atoms with Crippen LogP contribution in [0.15, 0.2) is 22.6 Å². The zero-order valence-electron chi connectivity index (χ0n) is 11.0. The number of benzene rings is 1. The van der Waals surface area contributed by atoms with Crippen molar-refractivity contribution in [3.05, 3.63) is 29.7 Å². The van der Waals surface area contributed by atoms with E-state index in [0.717, 1.165) is 24.1 Å². The molecule has 4 nitrogen and oxygen atoms in total. The number of hydrogen-bond acceptors (Lipinski definition) is 4. The van der Waals surface area contributed by atoms with Crippen molar-refractivity contribution < 1.29 is 4.42 Å². The molecule has 1 heterocycles. The average molecular weight is 243 g/mol. The SMILES string of the molecule is Cc1nc2ccc(CCN(C)C(C)C#N)cc2o1. The summed E-state index contributed by atoms with van der Waals surface area (Å²) >= 11 is 0. The summed E-state index contributed by atoms with van der Waals surface area (Å²) < 4.78 is 5.51. The first-order chi connectivity index (χ1) is 8.60. The van der Waals surface area contributed by atoms with E-state index in [1.54, 1.807) is 0 Å². The van der Waals surface area contributed by atoms with Gasteiger partial charge < -0.3 is 4.42 Å². The Bertz CT molecular complexity index is 582. The highest BCUT2D eigenvalue weighted by molar-refractivity contribution is 5.73. The predicted octanol–water partition coefficient (Wildman–Crippen LogP) is 2.52. The standard InChI is InChI=1S/C14H17N3O/c1-10(9-15)17(3)7-6-12-4-5-13-14(8-12)18-11(2)16-13/h4-5,8,10H,6-7H2,1-3H3. The maximum atomic E-state index is 8.83. The maximum absolute atomic E-state index is 8.83. The highest BCUT2D eigenvalue weighted by atomic mass is 16.3. The average Bonchev–Trinajstić information content (AvgIpc) is 2.74. The molecule has 0 N–H and O–H groups in total. The third-order valence-corrected chi connectivity index (χ3v) is 3.16. The highest BCUT2D eigenvalue weighted by Crippen LogP contribution is 2.17. The van der Waals surface area contributed by atoms with Gasteiger partial charge in [0.15, 0.2) is 11.5 Å². The first-order valence-corrected chi connectivity index (χ1v) is 6.06. The summed E-state index contributed by atoms with van der Waals surface area (Å²) in [5.41, 5.74) is 2.94. The first kappa shape index (κ1) is 12.6. The van der Waals surface area contributed by atoms with Gasteiger partial charge in [-0.05, 0) is 38.1 Å². The van der Waals surface area contributed by atoms with Gasteiger partial charge in [0.1, 0.15) is 5.52 Å². The molecule has 1 atom stereocenters. The number of aryl methyl sites for hydroxylation is 1. The van der Waals surface area contributed by atoms with Crippen LogP contribution in [0.5, 0.6) is 0 Å². The number of aromatic nitrogens is 1. The fraction of sp³-hybridized carbons (Fsp3) is 0.429. The molecule has 0 aliphatic carbocycles. The Morgan fingerprint density at radius 3 is 3.00 bits per heavy atom. The minimum absolute atomic E-state index is 0.0544. The van der Waals surface area contributed by atoms with Crippen LogP contribution in [0.1, 0.15) is 18.4 Å². The summed E-state index contributed by atoms with van der Waals surface area (Å²) in [6.07, 6.45) is 0.901. The molecule has 0 saturated carbocycles. The van der Waals surface area contributed by atoms with E-state index in [1.807, 2.05) is 37.9 Å². The zero-order valence-corrected chi connectivity index (χ0v) is 11.0. The van der Waals surface area contributed by atoms with Crippen molar-refractivity contribution in [1.29, 1.82) is 5.26 Å². The molecule has 2 aromatic rings. The Balaban J connectivity index is 2.06.